The molecule has 0 aliphatic carbocycles. The smallest absolute Gasteiger partial charge is 0.408 e. The van der Waals surface area contributed by atoms with Crippen LogP contribution in [0.4, 0.5) is 4.79 Å². The maximum atomic E-state index is 12.4. The van der Waals surface area contributed by atoms with Crippen LogP contribution in [0.15, 0.2) is 30.3 Å². The first-order valence-corrected chi connectivity index (χ1v) is 10.3. The van der Waals surface area contributed by atoms with Gasteiger partial charge in [-0.1, -0.05) is 62.9 Å². The third-order valence-corrected chi connectivity index (χ3v) is 5.09. The summed E-state index contributed by atoms with van der Waals surface area (Å²) in [6, 6.07) is 8.38. The van der Waals surface area contributed by atoms with E-state index < -0.39 is 18.1 Å². The molecule has 0 spiro atoms. The molecule has 0 aromatic heterocycles. The maximum absolute atomic E-state index is 12.4. The Morgan fingerprint density at radius 1 is 1.18 bits per heavy atom. The Morgan fingerprint density at radius 2 is 1.82 bits per heavy atom. The zero-order valence-electron chi connectivity index (χ0n) is 17.0. The molecule has 1 N–H and O–H groups in total. The first kappa shape index (κ1) is 24.2. The first-order valence-electron chi connectivity index (χ1n) is 9.04. The second-order valence-corrected chi connectivity index (χ2v) is 9.15. The summed E-state index contributed by atoms with van der Waals surface area (Å²) in [4.78, 5) is 24.7. The average Bonchev–Trinajstić information content (AvgIpc) is 2.63. The van der Waals surface area contributed by atoms with Gasteiger partial charge in [-0.3, -0.25) is 0 Å². The molecule has 0 aliphatic heterocycles. The van der Waals surface area contributed by atoms with Crippen molar-refractivity contribution in [2.45, 2.75) is 52.0 Å². The lowest BCUT2D eigenvalue weighted by molar-refractivity contribution is -0.143. The van der Waals surface area contributed by atoms with Crippen LogP contribution >= 0.6 is 24.0 Å². The lowest BCUT2D eigenvalue weighted by Gasteiger charge is -2.30. The number of carbonyl (C=O) groups excluding carboxylic acids is 2. The number of ether oxygens (including phenoxy) is 3. The molecule has 8 heteroatoms. The molecule has 1 rings (SSSR count). The molecule has 0 saturated heterocycles. The van der Waals surface area contributed by atoms with Crippen molar-refractivity contribution in [3.63, 3.8) is 0 Å². The van der Waals surface area contributed by atoms with E-state index >= 15 is 0 Å². The molecule has 28 heavy (non-hydrogen) atoms. The molecular formula is C20H29NO5S2. The number of nitrogens with one attached hydrogen (secondary N) is 1. The second kappa shape index (κ2) is 11.9. The molecule has 2 atom stereocenters. The van der Waals surface area contributed by atoms with E-state index in [1.54, 1.807) is 0 Å². The standard InChI is InChI=1S/C20H29NO5S2/c1-6-25-19(27)28-15(12-20(2,3)4)16(17(22)24-5)21-18(23)26-13-14-10-8-7-9-11-14/h7-11,15-16H,6,12-13H2,1-5H3,(H,21,23)/t15?,16-/m1/s1. The fourth-order valence-corrected chi connectivity index (χ4v) is 4.25. The van der Waals surface area contributed by atoms with Crippen molar-refractivity contribution in [3.05, 3.63) is 35.9 Å². The van der Waals surface area contributed by atoms with Gasteiger partial charge in [0.1, 0.15) is 12.6 Å². The van der Waals surface area contributed by atoms with Gasteiger partial charge >= 0.3 is 12.1 Å². The van der Waals surface area contributed by atoms with Gasteiger partial charge in [0.25, 0.3) is 0 Å². The molecule has 1 amide bonds. The second-order valence-electron chi connectivity index (χ2n) is 7.31. The molecule has 156 valence electrons. The lowest BCUT2D eigenvalue weighted by Crippen LogP contribution is -2.49. The van der Waals surface area contributed by atoms with Crippen LogP contribution in [0.5, 0.6) is 0 Å². The van der Waals surface area contributed by atoms with Crippen molar-refractivity contribution >= 4 is 40.4 Å². The summed E-state index contributed by atoms with van der Waals surface area (Å²) in [7, 11) is 1.28. The summed E-state index contributed by atoms with van der Waals surface area (Å²) in [6.45, 7) is 8.52. The van der Waals surface area contributed by atoms with E-state index in [1.807, 2.05) is 58.0 Å². The summed E-state index contributed by atoms with van der Waals surface area (Å²) in [5, 5.41) is 2.27. The Morgan fingerprint density at radius 3 is 2.36 bits per heavy atom. The largest absolute Gasteiger partial charge is 0.479 e. The number of carbonyl (C=O) groups is 2. The topological polar surface area (TPSA) is 73.9 Å². The van der Waals surface area contributed by atoms with E-state index in [-0.39, 0.29) is 17.3 Å². The summed E-state index contributed by atoms with van der Waals surface area (Å²) in [6.07, 6.45) is -0.0926. The van der Waals surface area contributed by atoms with E-state index in [4.69, 9.17) is 26.4 Å². The zero-order chi connectivity index (χ0) is 21.2. The van der Waals surface area contributed by atoms with Crippen molar-refractivity contribution in [1.29, 1.82) is 0 Å². The van der Waals surface area contributed by atoms with E-state index in [0.29, 0.717) is 17.4 Å². The van der Waals surface area contributed by atoms with Gasteiger partial charge in [0.05, 0.1) is 13.7 Å². The van der Waals surface area contributed by atoms with Crippen LogP contribution in [0.1, 0.15) is 39.7 Å². The molecule has 1 aromatic rings. The predicted octanol–water partition coefficient (Wildman–Crippen LogP) is 4.31. The Labute approximate surface area is 176 Å². The first-order chi connectivity index (χ1) is 13.2. The van der Waals surface area contributed by atoms with Crippen molar-refractivity contribution in [2.24, 2.45) is 5.41 Å². The molecule has 1 unspecified atom stereocenters. The summed E-state index contributed by atoms with van der Waals surface area (Å²) in [5.41, 5.74) is 0.742. The van der Waals surface area contributed by atoms with Crippen LogP contribution in [0.2, 0.25) is 0 Å². The van der Waals surface area contributed by atoms with E-state index in [9.17, 15) is 9.59 Å². The third kappa shape index (κ3) is 9.41. The minimum absolute atomic E-state index is 0.106. The number of thiocarbonyl (C=S) groups is 1. The van der Waals surface area contributed by atoms with E-state index in [2.05, 4.69) is 5.32 Å². The van der Waals surface area contributed by atoms with Crippen LogP contribution < -0.4 is 5.32 Å². The SMILES string of the molecule is CCOC(=S)SC(CC(C)(C)C)[C@@H](NC(=O)OCc1ccccc1)C(=O)OC. The Kier molecular flexibility index (Phi) is 10.3. The molecule has 1 aromatic carbocycles. The number of hydrogen-bond acceptors (Lipinski definition) is 7. The van der Waals surface area contributed by atoms with Gasteiger partial charge in [0, 0.05) is 5.25 Å². The van der Waals surface area contributed by atoms with Crippen molar-refractivity contribution in [2.75, 3.05) is 13.7 Å². The number of methoxy groups -OCH3 is 1. The fraction of sp³-hybridized carbons (Fsp3) is 0.550. The van der Waals surface area contributed by atoms with Crippen LogP contribution in [-0.2, 0) is 25.6 Å². The predicted molar refractivity (Wildman–Crippen MR) is 115 cm³/mol. The normalized spacial score (nSPS) is 13.2. The highest BCUT2D eigenvalue weighted by Crippen LogP contribution is 2.31. The lowest BCUT2D eigenvalue weighted by atomic mass is 9.88. The zero-order valence-corrected chi connectivity index (χ0v) is 18.7. The van der Waals surface area contributed by atoms with Gasteiger partial charge in [-0.15, -0.1) is 0 Å². The van der Waals surface area contributed by atoms with Gasteiger partial charge < -0.3 is 19.5 Å². The van der Waals surface area contributed by atoms with Crippen molar-refractivity contribution < 1.29 is 23.8 Å². The van der Waals surface area contributed by atoms with Crippen LogP contribution in [-0.4, -0.2) is 41.5 Å². The minimum Gasteiger partial charge on any atom is -0.479 e. The third-order valence-electron chi connectivity index (χ3n) is 3.64. The van der Waals surface area contributed by atoms with Gasteiger partial charge in [0.15, 0.2) is 0 Å². The molecule has 0 saturated carbocycles. The molecule has 6 nitrogen and oxygen atoms in total. The van der Waals surface area contributed by atoms with Crippen LogP contribution in [0, 0.1) is 5.41 Å². The maximum Gasteiger partial charge on any atom is 0.408 e. The minimum atomic E-state index is -0.920. The fourth-order valence-electron chi connectivity index (χ4n) is 2.43. The highest BCUT2D eigenvalue weighted by atomic mass is 32.2. The quantitative estimate of drug-likeness (QED) is 0.489. The molecule has 0 aliphatic rings. The van der Waals surface area contributed by atoms with Crippen LogP contribution in [0.25, 0.3) is 0 Å². The van der Waals surface area contributed by atoms with E-state index in [1.165, 1.54) is 18.9 Å². The summed E-state index contributed by atoms with van der Waals surface area (Å²) in [5.74, 6) is -0.558. The Bertz CT molecular complexity index is 646. The monoisotopic (exact) mass is 427 g/mol. The highest BCUT2D eigenvalue weighted by molar-refractivity contribution is 8.23. The van der Waals surface area contributed by atoms with E-state index in [0.717, 1.165) is 5.56 Å². The average molecular weight is 428 g/mol. The van der Waals surface area contributed by atoms with Crippen molar-refractivity contribution in [3.8, 4) is 0 Å². The Hall–Kier alpha value is -1.80. The van der Waals surface area contributed by atoms with Gasteiger partial charge in [-0.05, 0) is 36.5 Å². The number of hydrogen-bond donors (Lipinski definition) is 1. The molecule has 0 bridgehead atoms. The Balaban J connectivity index is 2.88. The number of rotatable bonds is 8. The summed E-state index contributed by atoms with van der Waals surface area (Å²) >= 11 is 6.48. The molecule has 0 radical (unpaired) electrons. The molecule has 0 fully saturated rings. The van der Waals surface area contributed by atoms with Gasteiger partial charge in [0.2, 0.25) is 4.38 Å². The van der Waals surface area contributed by atoms with Crippen LogP contribution in [0.3, 0.4) is 0 Å². The highest BCUT2D eigenvalue weighted by Gasteiger charge is 2.35. The number of esters is 1. The molecular weight excluding hydrogens is 398 g/mol. The number of benzene rings is 1. The number of thioether (sulfide) groups is 1. The van der Waals surface area contributed by atoms with Gasteiger partial charge in [-0.25, -0.2) is 9.59 Å². The summed E-state index contributed by atoms with van der Waals surface area (Å²) < 4.78 is 15.8. The number of alkyl carbamates (subject to hydrolysis) is 1. The molecule has 0 heterocycles. The van der Waals surface area contributed by atoms with Gasteiger partial charge in [-0.2, -0.15) is 0 Å². The van der Waals surface area contributed by atoms with Crippen molar-refractivity contribution in [1.82, 2.24) is 5.32 Å². The number of amides is 1.